The lowest BCUT2D eigenvalue weighted by Crippen LogP contribution is -2.12. The molecule has 0 aliphatic heterocycles. The second-order valence-corrected chi connectivity index (χ2v) is 4.48. The monoisotopic (exact) mass is 295 g/mol. The van der Waals surface area contributed by atoms with Gasteiger partial charge in [-0.25, -0.2) is 18.0 Å². The summed E-state index contributed by atoms with van der Waals surface area (Å²) in [5, 5.41) is 11.3. The van der Waals surface area contributed by atoms with Crippen LogP contribution in [0.2, 0.25) is 0 Å². The van der Waals surface area contributed by atoms with Gasteiger partial charge in [0.05, 0.1) is 17.3 Å². The van der Waals surface area contributed by atoms with Crippen LogP contribution in [0.5, 0.6) is 0 Å². The lowest BCUT2D eigenvalue weighted by atomic mass is 10.1. The molecular formula is C15H12F3NO2. The molecule has 2 aromatic carbocycles. The predicted molar refractivity (Wildman–Crippen MR) is 71.8 cm³/mol. The third kappa shape index (κ3) is 2.99. The number of carboxylic acid groups (broad SMARTS) is 1. The second kappa shape index (κ2) is 5.87. The standard InChI is InChI=1S/C15H12F3NO2/c1-8(9-4-2-3-5-11(9)16)19-12-7-6-10(15(20)21)13(17)14(12)18/h2-8,19H,1H3,(H,20,21). The first kappa shape index (κ1) is 14.9. The third-order valence-corrected chi connectivity index (χ3v) is 3.06. The lowest BCUT2D eigenvalue weighted by molar-refractivity contribution is 0.0690. The first-order valence-corrected chi connectivity index (χ1v) is 6.14. The molecule has 0 saturated carbocycles. The molecule has 0 bridgehead atoms. The van der Waals surface area contributed by atoms with Gasteiger partial charge in [-0.2, -0.15) is 0 Å². The zero-order valence-electron chi connectivity index (χ0n) is 11.0. The highest BCUT2D eigenvalue weighted by Crippen LogP contribution is 2.26. The maximum absolute atomic E-state index is 13.8. The average molecular weight is 295 g/mol. The van der Waals surface area contributed by atoms with Gasteiger partial charge in [-0.05, 0) is 25.1 Å². The van der Waals surface area contributed by atoms with Crippen LogP contribution in [0.1, 0.15) is 28.9 Å². The number of aromatic carboxylic acids is 1. The van der Waals surface area contributed by atoms with Crippen molar-refractivity contribution in [1.82, 2.24) is 0 Å². The summed E-state index contributed by atoms with van der Waals surface area (Å²) in [6.07, 6.45) is 0. The van der Waals surface area contributed by atoms with Crippen LogP contribution in [-0.2, 0) is 0 Å². The minimum atomic E-state index is -1.56. The Labute approximate surface area is 119 Å². The molecule has 0 amide bonds. The zero-order valence-corrected chi connectivity index (χ0v) is 11.0. The summed E-state index contributed by atoms with van der Waals surface area (Å²) in [5.41, 5.74) is -0.690. The van der Waals surface area contributed by atoms with Gasteiger partial charge in [0.15, 0.2) is 11.6 Å². The minimum Gasteiger partial charge on any atom is -0.478 e. The van der Waals surface area contributed by atoms with E-state index in [0.29, 0.717) is 5.56 Å². The molecule has 0 heterocycles. The van der Waals surface area contributed by atoms with Crippen LogP contribution in [0.25, 0.3) is 0 Å². The topological polar surface area (TPSA) is 49.3 Å². The van der Waals surface area contributed by atoms with Crippen LogP contribution < -0.4 is 5.32 Å². The Morgan fingerprint density at radius 3 is 2.38 bits per heavy atom. The minimum absolute atomic E-state index is 0.228. The number of hydrogen-bond acceptors (Lipinski definition) is 2. The van der Waals surface area contributed by atoms with E-state index in [2.05, 4.69) is 5.32 Å². The second-order valence-electron chi connectivity index (χ2n) is 4.48. The van der Waals surface area contributed by atoms with E-state index < -0.39 is 35.0 Å². The summed E-state index contributed by atoms with van der Waals surface area (Å²) < 4.78 is 41.0. The van der Waals surface area contributed by atoms with Crippen molar-refractivity contribution in [3.63, 3.8) is 0 Å². The summed E-state index contributed by atoms with van der Waals surface area (Å²) >= 11 is 0. The fraction of sp³-hybridized carbons (Fsp3) is 0.133. The molecule has 2 aromatic rings. The van der Waals surface area contributed by atoms with Crippen LogP contribution in [0.3, 0.4) is 0 Å². The number of halogens is 3. The third-order valence-electron chi connectivity index (χ3n) is 3.06. The van der Waals surface area contributed by atoms with Crippen molar-refractivity contribution in [3.05, 3.63) is 65.0 Å². The fourth-order valence-electron chi connectivity index (χ4n) is 1.96. The Balaban J connectivity index is 2.30. The van der Waals surface area contributed by atoms with Crippen LogP contribution in [0, 0.1) is 17.5 Å². The maximum Gasteiger partial charge on any atom is 0.338 e. The Hall–Kier alpha value is -2.50. The van der Waals surface area contributed by atoms with Gasteiger partial charge >= 0.3 is 5.97 Å². The van der Waals surface area contributed by atoms with Gasteiger partial charge < -0.3 is 10.4 Å². The largest absolute Gasteiger partial charge is 0.478 e. The Kier molecular flexibility index (Phi) is 4.16. The van der Waals surface area contributed by atoms with E-state index in [1.807, 2.05) is 0 Å². The molecule has 0 spiro atoms. The molecule has 0 radical (unpaired) electrons. The van der Waals surface area contributed by atoms with Crippen LogP contribution in [0.15, 0.2) is 36.4 Å². The van der Waals surface area contributed by atoms with E-state index >= 15 is 0 Å². The summed E-state index contributed by atoms with van der Waals surface area (Å²) in [6, 6.07) is 7.38. The van der Waals surface area contributed by atoms with Gasteiger partial charge in [0.2, 0.25) is 0 Å². The Bertz CT molecular complexity index is 689. The molecule has 0 fully saturated rings. The number of benzene rings is 2. The molecule has 1 atom stereocenters. The van der Waals surface area contributed by atoms with E-state index in [1.165, 1.54) is 18.2 Å². The molecule has 3 nitrogen and oxygen atoms in total. The number of anilines is 1. The highest BCUT2D eigenvalue weighted by Gasteiger charge is 2.19. The van der Waals surface area contributed by atoms with Crippen molar-refractivity contribution < 1.29 is 23.1 Å². The van der Waals surface area contributed by atoms with Crippen molar-refractivity contribution in [1.29, 1.82) is 0 Å². The van der Waals surface area contributed by atoms with E-state index in [9.17, 15) is 18.0 Å². The molecule has 2 N–H and O–H groups in total. The maximum atomic E-state index is 13.8. The number of carboxylic acids is 1. The predicted octanol–water partition coefficient (Wildman–Crippen LogP) is 3.98. The SMILES string of the molecule is CC(Nc1ccc(C(=O)O)c(F)c1F)c1ccccc1F. The first-order valence-electron chi connectivity index (χ1n) is 6.14. The van der Waals surface area contributed by atoms with Gasteiger partial charge in [0.25, 0.3) is 0 Å². The molecule has 0 aromatic heterocycles. The Morgan fingerprint density at radius 1 is 1.10 bits per heavy atom. The number of nitrogens with one attached hydrogen (secondary N) is 1. The quantitative estimate of drug-likeness (QED) is 0.897. The molecule has 0 saturated heterocycles. The molecule has 0 aliphatic carbocycles. The van der Waals surface area contributed by atoms with Gasteiger partial charge in [0.1, 0.15) is 5.82 Å². The van der Waals surface area contributed by atoms with E-state index in [-0.39, 0.29) is 5.69 Å². The fourth-order valence-corrected chi connectivity index (χ4v) is 1.96. The summed E-state index contributed by atoms with van der Waals surface area (Å²) in [6.45, 7) is 1.58. The molecule has 6 heteroatoms. The van der Waals surface area contributed by atoms with Gasteiger partial charge in [-0.1, -0.05) is 18.2 Å². The van der Waals surface area contributed by atoms with Crippen molar-refractivity contribution in [2.45, 2.75) is 13.0 Å². The molecule has 2 rings (SSSR count). The van der Waals surface area contributed by atoms with E-state index in [1.54, 1.807) is 13.0 Å². The van der Waals surface area contributed by atoms with E-state index in [0.717, 1.165) is 12.1 Å². The van der Waals surface area contributed by atoms with Crippen molar-refractivity contribution >= 4 is 11.7 Å². The normalized spacial score (nSPS) is 12.0. The number of carbonyl (C=O) groups is 1. The zero-order chi connectivity index (χ0) is 15.6. The lowest BCUT2D eigenvalue weighted by Gasteiger charge is -2.17. The highest BCUT2D eigenvalue weighted by atomic mass is 19.2. The Morgan fingerprint density at radius 2 is 1.76 bits per heavy atom. The van der Waals surface area contributed by atoms with Crippen molar-refractivity contribution in [2.75, 3.05) is 5.32 Å². The van der Waals surface area contributed by atoms with Gasteiger partial charge in [-0.3, -0.25) is 0 Å². The number of rotatable bonds is 4. The molecular weight excluding hydrogens is 283 g/mol. The molecule has 21 heavy (non-hydrogen) atoms. The van der Waals surface area contributed by atoms with Crippen molar-refractivity contribution in [3.8, 4) is 0 Å². The van der Waals surface area contributed by atoms with Crippen LogP contribution in [-0.4, -0.2) is 11.1 Å². The smallest absolute Gasteiger partial charge is 0.338 e. The summed E-state index contributed by atoms with van der Waals surface area (Å²) in [4.78, 5) is 10.7. The van der Waals surface area contributed by atoms with Gasteiger partial charge in [-0.15, -0.1) is 0 Å². The summed E-state index contributed by atoms with van der Waals surface area (Å²) in [5.74, 6) is -4.79. The first-order chi connectivity index (χ1) is 9.91. The van der Waals surface area contributed by atoms with Crippen molar-refractivity contribution in [2.24, 2.45) is 0 Å². The highest BCUT2D eigenvalue weighted by molar-refractivity contribution is 5.88. The van der Waals surface area contributed by atoms with Crippen LogP contribution in [0.4, 0.5) is 18.9 Å². The van der Waals surface area contributed by atoms with Crippen LogP contribution >= 0.6 is 0 Å². The molecule has 110 valence electrons. The number of hydrogen-bond donors (Lipinski definition) is 2. The molecule has 0 aliphatic rings. The van der Waals surface area contributed by atoms with Gasteiger partial charge in [0, 0.05) is 5.56 Å². The van der Waals surface area contributed by atoms with E-state index in [4.69, 9.17) is 5.11 Å². The average Bonchev–Trinajstić information content (AvgIpc) is 2.44. The summed E-state index contributed by atoms with van der Waals surface area (Å²) in [7, 11) is 0. The molecule has 1 unspecified atom stereocenters.